The van der Waals surface area contributed by atoms with Crippen molar-refractivity contribution in [1.82, 2.24) is 14.9 Å². The molecule has 1 aliphatic rings. The number of pyridine rings is 1. The predicted molar refractivity (Wildman–Crippen MR) is 223 cm³/mol. The first kappa shape index (κ1) is 42.0. The molecular formula is C42H47Cl2N5O7. The van der Waals surface area contributed by atoms with Gasteiger partial charge >= 0.3 is 11.8 Å². The zero-order chi connectivity index (χ0) is 37.8. The molecule has 1 amide bonds. The Balaban J connectivity index is 0.00000300. The van der Waals surface area contributed by atoms with Crippen LogP contribution in [0.15, 0.2) is 105 Å². The number of oxazole rings is 1. The van der Waals surface area contributed by atoms with Crippen LogP contribution in [-0.4, -0.2) is 49.6 Å². The van der Waals surface area contributed by atoms with Gasteiger partial charge in [0.2, 0.25) is 5.56 Å². The minimum absolute atomic E-state index is 0. The fourth-order valence-electron chi connectivity index (χ4n) is 7.66. The number of phenols is 1. The van der Waals surface area contributed by atoms with Gasteiger partial charge in [-0.1, -0.05) is 48.5 Å². The van der Waals surface area contributed by atoms with E-state index in [1.54, 1.807) is 16.7 Å². The van der Waals surface area contributed by atoms with Crippen molar-refractivity contribution in [3.05, 3.63) is 129 Å². The van der Waals surface area contributed by atoms with Crippen molar-refractivity contribution >= 4 is 58.6 Å². The number of anilines is 1. The Morgan fingerprint density at radius 2 is 1.68 bits per heavy atom. The zero-order valence-electron chi connectivity index (χ0n) is 30.7. The van der Waals surface area contributed by atoms with Crippen molar-refractivity contribution in [3.8, 4) is 16.9 Å². The van der Waals surface area contributed by atoms with Gasteiger partial charge in [0.1, 0.15) is 5.75 Å². The number of aromatic nitrogens is 2. The van der Waals surface area contributed by atoms with Crippen molar-refractivity contribution in [3.63, 3.8) is 0 Å². The molecule has 0 saturated heterocycles. The van der Waals surface area contributed by atoms with Crippen LogP contribution in [0.2, 0.25) is 0 Å². The number of carboxylic acid groups (broad SMARTS) is 1. The molecule has 56 heavy (non-hydrogen) atoms. The van der Waals surface area contributed by atoms with Crippen LogP contribution in [0, 0.1) is 0 Å². The van der Waals surface area contributed by atoms with Crippen LogP contribution in [-0.2, 0) is 19.5 Å². The second kappa shape index (κ2) is 18.7. The molecule has 0 spiro atoms. The molecule has 0 radical (unpaired) electrons. The summed E-state index contributed by atoms with van der Waals surface area (Å²) < 4.78 is 7.26. The van der Waals surface area contributed by atoms with Gasteiger partial charge in [-0.05, 0) is 104 Å². The van der Waals surface area contributed by atoms with Gasteiger partial charge in [-0.2, -0.15) is 0 Å². The van der Waals surface area contributed by atoms with Crippen LogP contribution in [0.4, 0.5) is 10.5 Å². The molecule has 1 saturated carbocycles. The minimum atomic E-state index is -0.958. The topological polar surface area (TPSA) is 187 Å². The standard InChI is InChI=1S/C42H45N5O7.2ClH/c43-29-11-13-30(14-12-29)47(41(51)52)34-17-9-26(22-33(34)28-7-2-1-3-8-28)6-4-5-21-46-35-18-10-27(23-38(35)54-42(46)53)24-44-25-37(49)31-15-19-36(48)40-32(31)16-20-39(50)45-40;;/h1-3,7-10,15-20,22-23,29-30,37,44,48-49H,4-6,11-14,21,24-25,43H2,(H,45,50)(H,51,52);2*1H/t29?,30?,37-;;/m0../s1. The number of benzene rings is 4. The summed E-state index contributed by atoms with van der Waals surface area (Å²) in [5.74, 6) is -0.487. The van der Waals surface area contributed by atoms with E-state index in [1.807, 2.05) is 60.7 Å². The van der Waals surface area contributed by atoms with Gasteiger partial charge in [0.05, 0.1) is 22.8 Å². The third kappa shape index (κ3) is 9.29. The number of aliphatic hydroxyl groups excluding tert-OH is 1. The second-order valence-electron chi connectivity index (χ2n) is 14.1. The number of aromatic hydroxyl groups is 1. The number of unbranched alkanes of at least 4 members (excludes halogenated alkanes) is 1. The monoisotopic (exact) mass is 803 g/mol. The van der Waals surface area contributed by atoms with Crippen molar-refractivity contribution in [2.75, 3.05) is 11.4 Å². The number of aromatic amines is 1. The number of phenolic OH excluding ortho intramolecular Hbond substituents is 1. The molecule has 1 fully saturated rings. The molecule has 1 atom stereocenters. The number of nitrogens with one attached hydrogen (secondary N) is 2. The number of H-pyrrole nitrogens is 1. The average molecular weight is 805 g/mol. The van der Waals surface area contributed by atoms with Gasteiger partial charge in [0.25, 0.3) is 0 Å². The van der Waals surface area contributed by atoms with Crippen molar-refractivity contribution in [2.24, 2.45) is 5.73 Å². The maximum Gasteiger partial charge on any atom is 0.419 e. The summed E-state index contributed by atoms with van der Waals surface area (Å²) in [5, 5.41) is 35.2. The lowest BCUT2D eigenvalue weighted by molar-refractivity contribution is 0.176. The number of hydrogen-bond acceptors (Lipinski definition) is 8. The highest BCUT2D eigenvalue weighted by molar-refractivity contribution is 5.94. The third-order valence-corrected chi connectivity index (χ3v) is 10.5. The predicted octanol–water partition coefficient (Wildman–Crippen LogP) is 7.25. The lowest BCUT2D eigenvalue weighted by Crippen LogP contribution is -2.44. The van der Waals surface area contributed by atoms with Crippen LogP contribution in [0.1, 0.15) is 61.3 Å². The molecule has 1 aliphatic carbocycles. The normalized spacial score (nSPS) is 15.9. The van der Waals surface area contributed by atoms with E-state index in [1.165, 1.54) is 17.0 Å². The molecule has 7 N–H and O–H groups in total. The van der Waals surface area contributed by atoms with Crippen molar-refractivity contribution in [2.45, 2.75) is 76.2 Å². The highest BCUT2D eigenvalue weighted by atomic mass is 35.5. The van der Waals surface area contributed by atoms with Gasteiger partial charge in [0, 0.05) is 48.7 Å². The van der Waals surface area contributed by atoms with Gasteiger partial charge in [0.15, 0.2) is 5.58 Å². The maximum atomic E-state index is 12.9. The Kier molecular flexibility index (Phi) is 14.0. The molecule has 2 heterocycles. The molecular weight excluding hydrogens is 757 g/mol. The maximum absolute atomic E-state index is 12.9. The molecule has 12 nitrogen and oxygen atoms in total. The summed E-state index contributed by atoms with van der Waals surface area (Å²) in [4.78, 5) is 41.4. The van der Waals surface area contributed by atoms with E-state index in [9.17, 15) is 29.7 Å². The third-order valence-electron chi connectivity index (χ3n) is 10.5. The van der Waals surface area contributed by atoms with Gasteiger partial charge in [-0.3, -0.25) is 14.3 Å². The number of rotatable bonds is 13. The smallest absolute Gasteiger partial charge is 0.419 e. The molecule has 2 aromatic heterocycles. The van der Waals surface area contributed by atoms with E-state index in [0.717, 1.165) is 67.2 Å². The SMILES string of the molecule is Cl.Cl.NC1CCC(N(C(=O)O)c2ccc(CCCCn3c(=O)oc4cc(CNC[C@H](O)c5ccc(O)c6[nH]c(=O)ccc56)ccc43)cc2-c2ccccc2)CC1. The number of nitrogens with two attached hydrogens (primary N) is 1. The van der Waals surface area contributed by atoms with Crippen molar-refractivity contribution < 1.29 is 24.5 Å². The summed E-state index contributed by atoms with van der Waals surface area (Å²) >= 11 is 0. The second-order valence-corrected chi connectivity index (χ2v) is 14.1. The number of fused-ring (bicyclic) bond motifs is 2. The van der Waals surface area contributed by atoms with E-state index in [4.69, 9.17) is 10.2 Å². The van der Waals surface area contributed by atoms with E-state index < -0.39 is 18.0 Å². The van der Waals surface area contributed by atoms with Gasteiger partial charge in [-0.25, -0.2) is 9.59 Å². The van der Waals surface area contributed by atoms with E-state index in [-0.39, 0.29) is 60.3 Å². The van der Waals surface area contributed by atoms with Crippen LogP contribution in [0.25, 0.3) is 33.1 Å². The van der Waals surface area contributed by atoms with E-state index >= 15 is 0 Å². The van der Waals surface area contributed by atoms with Crippen LogP contribution in [0.3, 0.4) is 0 Å². The first-order valence-corrected chi connectivity index (χ1v) is 18.5. The first-order chi connectivity index (χ1) is 26.2. The Bertz CT molecular complexity index is 2390. The van der Waals surface area contributed by atoms with Crippen LogP contribution in [0.5, 0.6) is 5.75 Å². The van der Waals surface area contributed by atoms with E-state index in [0.29, 0.717) is 40.8 Å². The fraction of sp³-hybridized carbons (Fsp3) is 0.310. The molecule has 4 aromatic carbocycles. The number of nitrogens with zero attached hydrogens (tertiary/aromatic N) is 2. The Hall–Kier alpha value is -5.11. The summed E-state index contributed by atoms with van der Waals surface area (Å²) in [5.41, 5.74) is 12.3. The summed E-state index contributed by atoms with van der Waals surface area (Å²) in [6, 6.07) is 27.5. The number of halogens is 2. The molecule has 0 bridgehead atoms. The lowest BCUT2D eigenvalue weighted by atomic mass is 9.89. The molecule has 14 heteroatoms. The van der Waals surface area contributed by atoms with Crippen LogP contribution >= 0.6 is 24.8 Å². The highest BCUT2D eigenvalue weighted by Gasteiger charge is 2.30. The van der Waals surface area contributed by atoms with E-state index in [2.05, 4.69) is 16.4 Å². The first-order valence-electron chi connectivity index (χ1n) is 18.5. The van der Waals surface area contributed by atoms with Gasteiger partial charge in [-0.15, -0.1) is 24.8 Å². The van der Waals surface area contributed by atoms with Crippen LogP contribution < -0.4 is 27.3 Å². The quantitative estimate of drug-likeness (QED) is 0.0654. The fourth-order valence-corrected chi connectivity index (χ4v) is 7.66. The average Bonchev–Trinajstić information content (AvgIpc) is 3.48. The Morgan fingerprint density at radius 3 is 2.43 bits per heavy atom. The lowest BCUT2D eigenvalue weighted by Gasteiger charge is -2.35. The Labute approximate surface area is 335 Å². The number of amides is 1. The van der Waals surface area contributed by atoms with Crippen molar-refractivity contribution in [1.29, 1.82) is 0 Å². The number of aliphatic hydroxyl groups is 1. The number of hydrogen-bond donors (Lipinski definition) is 6. The highest BCUT2D eigenvalue weighted by Crippen LogP contribution is 2.36. The zero-order valence-corrected chi connectivity index (χ0v) is 32.4. The molecule has 6 aromatic rings. The molecule has 7 rings (SSSR count). The molecule has 0 aliphatic heterocycles. The van der Waals surface area contributed by atoms with Gasteiger partial charge < -0.3 is 35.8 Å². The molecule has 296 valence electrons. The Morgan fingerprint density at radius 1 is 0.929 bits per heavy atom. The largest absolute Gasteiger partial charge is 0.506 e. The number of carbonyl (C=O) groups is 1. The molecule has 0 unspecified atom stereocenters. The number of aryl methyl sites for hydroxylation is 2. The summed E-state index contributed by atoms with van der Waals surface area (Å²) in [6.07, 6.45) is 3.53. The summed E-state index contributed by atoms with van der Waals surface area (Å²) in [6.45, 7) is 1.12. The minimum Gasteiger partial charge on any atom is -0.506 e. The summed E-state index contributed by atoms with van der Waals surface area (Å²) in [7, 11) is 0.